The lowest BCUT2D eigenvalue weighted by molar-refractivity contribution is 0.137. The number of hydrogen-bond donors (Lipinski definition) is 2. The standard InChI is InChI=1S/C6H11NO2S/c8-6(9)7-3-1-2-5(10)4-7/h5,10H,1-4H2,(H,8,9)/t5-/m0/s1. The fraction of sp³-hybridized carbons (Fsp3) is 0.833. The summed E-state index contributed by atoms with van der Waals surface area (Å²) < 4.78 is 0. The number of carbonyl (C=O) groups is 1. The number of piperidine rings is 1. The molecule has 0 aliphatic carbocycles. The van der Waals surface area contributed by atoms with Gasteiger partial charge in [0, 0.05) is 18.3 Å². The summed E-state index contributed by atoms with van der Waals surface area (Å²) >= 11 is 4.21. The maximum Gasteiger partial charge on any atom is 0.407 e. The summed E-state index contributed by atoms with van der Waals surface area (Å²) in [6.07, 6.45) is 1.16. The van der Waals surface area contributed by atoms with Crippen LogP contribution in [0.15, 0.2) is 0 Å². The lowest BCUT2D eigenvalue weighted by Crippen LogP contribution is -2.39. The first-order valence-corrected chi connectivity index (χ1v) is 3.87. The van der Waals surface area contributed by atoms with Gasteiger partial charge in [0.1, 0.15) is 0 Å². The first-order valence-electron chi connectivity index (χ1n) is 3.36. The van der Waals surface area contributed by atoms with E-state index in [9.17, 15) is 4.79 Å². The van der Waals surface area contributed by atoms with Crippen molar-refractivity contribution in [2.45, 2.75) is 18.1 Å². The monoisotopic (exact) mass is 161 g/mol. The second-order valence-corrected chi connectivity index (χ2v) is 3.25. The molecular weight excluding hydrogens is 150 g/mol. The van der Waals surface area contributed by atoms with E-state index < -0.39 is 6.09 Å². The highest BCUT2D eigenvalue weighted by Gasteiger charge is 2.19. The fourth-order valence-electron chi connectivity index (χ4n) is 1.13. The molecular formula is C6H11NO2S. The number of carboxylic acid groups (broad SMARTS) is 1. The number of nitrogens with zero attached hydrogens (tertiary/aromatic N) is 1. The summed E-state index contributed by atoms with van der Waals surface area (Å²) in [5.74, 6) is 0. The van der Waals surface area contributed by atoms with Crippen molar-refractivity contribution in [2.75, 3.05) is 13.1 Å². The average molecular weight is 161 g/mol. The zero-order valence-electron chi connectivity index (χ0n) is 5.66. The van der Waals surface area contributed by atoms with Crippen LogP contribution in [-0.2, 0) is 0 Å². The third-order valence-electron chi connectivity index (χ3n) is 1.67. The van der Waals surface area contributed by atoms with Crippen LogP contribution < -0.4 is 0 Å². The van der Waals surface area contributed by atoms with Crippen LogP contribution in [0.1, 0.15) is 12.8 Å². The van der Waals surface area contributed by atoms with Crippen LogP contribution in [0.25, 0.3) is 0 Å². The molecule has 58 valence electrons. The molecule has 1 N–H and O–H groups in total. The average Bonchev–Trinajstić information content (AvgIpc) is 1.88. The van der Waals surface area contributed by atoms with Gasteiger partial charge in [0.25, 0.3) is 0 Å². The van der Waals surface area contributed by atoms with Crippen molar-refractivity contribution in [3.05, 3.63) is 0 Å². The normalized spacial score (nSPS) is 26.5. The summed E-state index contributed by atoms with van der Waals surface area (Å²) in [5, 5.41) is 8.79. The number of thiol groups is 1. The van der Waals surface area contributed by atoms with E-state index >= 15 is 0 Å². The lowest BCUT2D eigenvalue weighted by Gasteiger charge is -2.27. The molecule has 1 aliphatic rings. The predicted molar refractivity (Wildman–Crippen MR) is 41.6 cm³/mol. The SMILES string of the molecule is O=C(O)N1CCC[C@H](S)C1. The fourth-order valence-corrected chi connectivity index (χ4v) is 1.51. The summed E-state index contributed by atoms with van der Waals surface area (Å²) in [7, 11) is 0. The summed E-state index contributed by atoms with van der Waals surface area (Å²) in [6.45, 7) is 1.25. The molecule has 0 aromatic rings. The van der Waals surface area contributed by atoms with E-state index in [4.69, 9.17) is 5.11 Å². The molecule has 0 unspecified atom stereocenters. The van der Waals surface area contributed by atoms with E-state index in [1.54, 1.807) is 0 Å². The van der Waals surface area contributed by atoms with E-state index in [0.717, 1.165) is 12.8 Å². The summed E-state index contributed by atoms with van der Waals surface area (Å²) in [4.78, 5) is 11.8. The number of hydrogen-bond acceptors (Lipinski definition) is 2. The molecule has 1 atom stereocenters. The molecule has 0 saturated carbocycles. The van der Waals surface area contributed by atoms with Crippen LogP contribution in [0.2, 0.25) is 0 Å². The van der Waals surface area contributed by atoms with Gasteiger partial charge in [-0.15, -0.1) is 0 Å². The zero-order chi connectivity index (χ0) is 7.56. The van der Waals surface area contributed by atoms with E-state index in [1.807, 2.05) is 0 Å². The minimum absolute atomic E-state index is 0.241. The lowest BCUT2D eigenvalue weighted by atomic mass is 10.1. The first-order chi connectivity index (χ1) is 4.70. The maximum atomic E-state index is 10.4. The van der Waals surface area contributed by atoms with Gasteiger partial charge in [-0.3, -0.25) is 0 Å². The van der Waals surface area contributed by atoms with Gasteiger partial charge in [-0.2, -0.15) is 12.6 Å². The molecule has 0 bridgehead atoms. The number of rotatable bonds is 0. The van der Waals surface area contributed by atoms with E-state index in [1.165, 1.54) is 4.90 Å². The highest BCUT2D eigenvalue weighted by atomic mass is 32.1. The number of likely N-dealkylation sites (tertiary alicyclic amines) is 1. The second kappa shape index (κ2) is 3.14. The Hall–Kier alpha value is -0.380. The Morgan fingerprint density at radius 2 is 2.40 bits per heavy atom. The Morgan fingerprint density at radius 3 is 2.80 bits per heavy atom. The predicted octanol–water partition coefficient (Wildman–Crippen LogP) is 1.06. The van der Waals surface area contributed by atoms with Crippen molar-refractivity contribution in [2.24, 2.45) is 0 Å². The largest absolute Gasteiger partial charge is 0.465 e. The molecule has 1 aliphatic heterocycles. The van der Waals surface area contributed by atoms with E-state index in [0.29, 0.717) is 13.1 Å². The molecule has 1 heterocycles. The van der Waals surface area contributed by atoms with E-state index in [-0.39, 0.29) is 5.25 Å². The minimum atomic E-state index is -0.821. The molecule has 0 aromatic carbocycles. The molecule has 1 saturated heterocycles. The van der Waals surface area contributed by atoms with E-state index in [2.05, 4.69) is 12.6 Å². The zero-order valence-corrected chi connectivity index (χ0v) is 6.55. The van der Waals surface area contributed by atoms with Crippen LogP contribution in [0.4, 0.5) is 4.79 Å². The molecule has 1 amide bonds. The van der Waals surface area contributed by atoms with Crippen molar-refractivity contribution < 1.29 is 9.90 Å². The van der Waals surface area contributed by atoms with Crippen LogP contribution in [0, 0.1) is 0 Å². The topological polar surface area (TPSA) is 40.5 Å². The summed E-state index contributed by atoms with van der Waals surface area (Å²) in [6, 6.07) is 0. The van der Waals surface area contributed by atoms with Gasteiger partial charge in [0.2, 0.25) is 0 Å². The Bertz CT molecular complexity index is 140. The molecule has 1 rings (SSSR count). The Kier molecular flexibility index (Phi) is 2.43. The first kappa shape index (κ1) is 7.72. The third-order valence-corrected chi connectivity index (χ3v) is 2.09. The van der Waals surface area contributed by atoms with Gasteiger partial charge >= 0.3 is 6.09 Å². The van der Waals surface area contributed by atoms with Gasteiger partial charge in [-0.25, -0.2) is 4.79 Å². The van der Waals surface area contributed by atoms with Crippen molar-refractivity contribution in [3.8, 4) is 0 Å². The molecule has 10 heavy (non-hydrogen) atoms. The second-order valence-electron chi connectivity index (χ2n) is 2.52. The van der Waals surface area contributed by atoms with Crippen molar-refractivity contribution in [1.29, 1.82) is 0 Å². The van der Waals surface area contributed by atoms with Gasteiger partial charge in [-0.1, -0.05) is 0 Å². The van der Waals surface area contributed by atoms with Crippen LogP contribution in [0.3, 0.4) is 0 Å². The minimum Gasteiger partial charge on any atom is -0.465 e. The van der Waals surface area contributed by atoms with Crippen LogP contribution in [-0.4, -0.2) is 34.4 Å². The van der Waals surface area contributed by atoms with Crippen molar-refractivity contribution in [3.63, 3.8) is 0 Å². The molecule has 0 aromatic heterocycles. The quantitative estimate of drug-likeness (QED) is 0.521. The summed E-state index contributed by atoms with van der Waals surface area (Å²) in [5.41, 5.74) is 0. The highest BCUT2D eigenvalue weighted by molar-refractivity contribution is 7.81. The van der Waals surface area contributed by atoms with Gasteiger partial charge in [-0.05, 0) is 12.8 Å². The molecule has 3 nitrogen and oxygen atoms in total. The van der Waals surface area contributed by atoms with Gasteiger partial charge in [0.05, 0.1) is 0 Å². The maximum absolute atomic E-state index is 10.4. The Balaban J connectivity index is 2.39. The van der Waals surface area contributed by atoms with Gasteiger partial charge in [0.15, 0.2) is 0 Å². The molecule has 0 spiro atoms. The Labute approximate surface area is 65.4 Å². The smallest absolute Gasteiger partial charge is 0.407 e. The van der Waals surface area contributed by atoms with Crippen molar-refractivity contribution in [1.82, 2.24) is 4.90 Å². The van der Waals surface area contributed by atoms with Crippen LogP contribution in [0.5, 0.6) is 0 Å². The Morgan fingerprint density at radius 1 is 1.70 bits per heavy atom. The molecule has 1 fully saturated rings. The van der Waals surface area contributed by atoms with Crippen LogP contribution >= 0.6 is 12.6 Å². The molecule has 0 radical (unpaired) electrons. The van der Waals surface area contributed by atoms with Gasteiger partial charge < -0.3 is 10.0 Å². The van der Waals surface area contributed by atoms with Crippen molar-refractivity contribution >= 4 is 18.7 Å². The number of amides is 1. The highest BCUT2D eigenvalue weighted by Crippen LogP contribution is 2.13. The third kappa shape index (κ3) is 1.80. The molecule has 4 heteroatoms.